The number of fused-ring (bicyclic) bond motifs is 1. The molecule has 2 aromatic carbocycles. The average Bonchev–Trinajstić information content (AvgIpc) is 3.51. The number of anilines is 1. The molecule has 0 saturated heterocycles. The monoisotopic (exact) mass is 604 g/mol. The van der Waals surface area contributed by atoms with Crippen LogP contribution in [0.5, 0.6) is 11.5 Å². The van der Waals surface area contributed by atoms with Gasteiger partial charge in [-0.2, -0.15) is 5.10 Å². The molecule has 44 heavy (non-hydrogen) atoms. The van der Waals surface area contributed by atoms with Crippen LogP contribution >= 0.6 is 0 Å². The summed E-state index contributed by atoms with van der Waals surface area (Å²) in [7, 11) is 0. The zero-order valence-corrected chi connectivity index (χ0v) is 26.8. The van der Waals surface area contributed by atoms with Crippen molar-refractivity contribution in [2.45, 2.75) is 85.2 Å². The summed E-state index contributed by atoms with van der Waals surface area (Å²) in [5.74, 6) is 0.790. The molecule has 1 aromatic heterocycles. The van der Waals surface area contributed by atoms with Gasteiger partial charge in [-0.05, 0) is 75.1 Å². The number of carbonyl (C=O) groups excluding carboxylic acids is 2. The Labute approximate surface area is 261 Å². The number of nitrogens with one attached hydrogen (secondary N) is 1. The third kappa shape index (κ3) is 8.85. The van der Waals surface area contributed by atoms with Crippen molar-refractivity contribution >= 4 is 17.5 Å². The van der Waals surface area contributed by atoms with E-state index in [-0.39, 0.29) is 30.2 Å². The number of ether oxygens (including phenoxy) is 2. The molecule has 0 saturated carbocycles. The molecule has 0 radical (unpaired) electrons. The fourth-order valence-corrected chi connectivity index (χ4v) is 5.37. The van der Waals surface area contributed by atoms with E-state index in [9.17, 15) is 14.7 Å². The third-order valence-corrected chi connectivity index (χ3v) is 8.34. The Morgan fingerprint density at radius 3 is 2.64 bits per heavy atom. The molecule has 1 aliphatic rings. The van der Waals surface area contributed by atoms with Crippen LogP contribution in [0.25, 0.3) is 11.1 Å². The predicted octanol–water partition coefficient (Wildman–Crippen LogP) is 6.40. The van der Waals surface area contributed by atoms with E-state index in [4.69, 9.17) is 9.47 Å². The average molecular weight is 605 g/mol. The van der Waals surface area contributed by atoms with Gasteiger partial charge >= 0.3 is 0 Å². The van der Waals surface area contributed by atoms with Gasteiger partial charge in [0.15, 0.2) is 12.4 Å². The van der Waals surface area contributed by atoms with Crippen LogP contribution in [0.1, 0.15) is 77.5 Å². The van der Waals surface area contributed by atoms with Crippen LogP contribution in [0.2, 0.25) is 0 Å². The van der Waals surface area contributed by atoms with E-state index in [1.165, 1.54) is 5.56 Å². The Morgan fingerprint density at radius 1 is 1.07 bits per heavy atom. The summed E-state index contributed by atoms with van der Waals surface area (Å²) in [5, 5.41) is 17.2. The number of hydrogen-bond acceptors (Lipinski definition) is 6. The lowest BCUT2D eigenvalue weighted by Gasteiger charge is -2.32. The molecule has 9 heteroatoms. The van der Waals surface area contributed by atoms with Gasteiger partial charge in [-0.25, -0.2) is 0 Å². The number of aryl methyl sites for hydroxylation is 1. The lowest BCUT2D eigenvalue weighted by atomic mass is 10.0. The summed E-state index contributed by atoms with van der Waals surface area (Å²) in [5.41, 5.74) is 4.77. The standard InChI is InChI=1S/C35H48N4O5/c1-24(2)26(5)38(17-8-6-7-11-28-13-14-31(40)34-35(28)44-23-32(41)37-34)33(42)16-19-43-18-15-27-10-9-12-29(20-27)30-21-36-39(22-30)25(3)4/h9-10,12-14,20-22,24-26,40H,6-8,11,15-19,23H2,1-5H3,(H,37,41)/t26-/m1/s1. The molecule has 1 aliphatic heterocycles. The lowest BCUT2D eigenvalue weighted by molar-refractivity contribution is -0.135. The lowest BCUT2D eigenvalue weighted by Crippen LogP contribution is -2.42. The highest BCUT2D eigenvalue weighted by molar-refractivity contribution is 5.97. The third-order valence-electron chi connectivity index (χ3n) is 8.34. The maximum atomic E-state index is 13.2. The molecule has 2 amide bonds. The minimum Gasteiger partial charge on any atom is -0.506 e. The van der Waals surface area contributed by atoms with Crippen molar-refractivity contribution in [3.8, 4) is 22.6 Å². The molecule has 1 atom stereocenters. The largest absolute Gasteiger partial charge is 0.506 e. The SMILES string of the molecule is CC(C)[C@@H](C)N(CCCCCc1ccc(O)c2c1OCC(=O)N2)C(=O)CCOCCc1cccc(-c2cnn(C(C)C)c2)c1. The summed E-state index contributed by atoms with van der Waals surface area (Å²) >= 11 is 0. The number of nitrogens with zero attached hydrogens (tertiary/aromatic N) is 3. The summed E-state index contributed by atoms with van der Waals surface area (Å²) < 4.78 is 13.5. The zero-order valence-electron chi connectivity index (χ0n) is 26.8. The van der Waals surface area contributed by atoms with Gasteiger partial charge in [-0.1, -0.05) is 50.6 Å². The van der Waals surface area contributed by atoms with E-state index >= 15 is 0 Å². The van der Waals surface area contributed by atoms with Crippen LogP contribution in [0, 0.1) is 5.92 Å². The Balaban J connectivity index is 1.20. The van der Waals surface area contributed by atoms with Gasteiger partial charge in [0.05, 0.1) is 25.8 Å². The fourth-order valence-electron chi connectivity index (χ4n) is 5.37. The minimum atomic E-state index is -0.268. The van der Waals surface area contributed by atoms with Gasteiger partial charge in [0.2, 0.25) is 5.91 Å². The molecule has 3 aromatic rings. The van der Waals surface area contributed by atoms with E-state index in [0.29, 0.717) is 49.6 Å². The number of hydrogen-bond donors (Lipinski definition) is 2. The first-order valence-corrected chi connectivity index (χ1v) is 15.9. The first-order chi connectivity index (χ1) is 21.1. The first kappa shape index (κ1) is 33.1. The highest BCUT2D eigenvalue weighted by Crippen LogP contribution is 2.39. The van der Waals surface area contributed by atoms with Crippen LogP contribution in [0.15, 0.2) is 48.8 Å². The van der Waals surface area contributed by atoms with Gasteiger partial charge in [0, 0.05) is 30.4 Å². The number of carbonyl (C=O) groups is 2. The second kappa shape index (κ2) is 15.7. The van der Waals surface area contributed by atoms with Gasteiger partial charge < -0.3 is 24.8 Å². The van der Waals surface area contributed by atoms with E-state index in [1.807, 2.05) is 21.8 Å². The summed E-state index contributed by atoms with van der Waals surface area (Å²) in [6.45, 7) is 12.3. The van der Waals surface area contributed by atoms with Gasteiger partial charge in [-0.15, -0.1) is 0 Å². The van der Waals surface area contributed by atoms with E-state index in [1.54, 1.807) is 6.07 Å². The van der Waals surface area contributed by atoms with Crippen molar-refractivity contribution in [3.63, 3.8) is 0 Å². The van der Waals surface area contributed by atoms with Crippen molar-refractivity contribution in [1.82, 2.24) is 14.7 Å². The predicted molar refractivity (Wildman–Crippen MR) is 173 cm³/mol. The molecule has 9 nitrogen and oxygen atoms in total. The van der Waals surface area contributed by atoms with Crippen LogP contribution < -0.4 is 10.1 Å². The van der Waals surface area contributed by atoms with E-state index in [2.05, 4.69) is 75.5 Å². The maximum absolute atomic E-state index is 13.2. The van der Waals surface area contributed by atoms with Crippen molar-refractivity contribution in [3.05, 3.63) is 59.9 Å². The topological polar surface area (TPSA) is 106 Å². The zero-order chi connectivity index (χ0) is 31.6. The number of phenols is 1. The number of aromatic nitrogens is 2. The van der Waals surface area contributed by atoms with Crippen molar-refractivity contribution in [1.29, 1.82) is 0 Å². The van der Waals surface area contributed by atoms with Gasteiger partial charge in [0.1, 0.15) is 11.4 Å². The minimum absolute atomic E-state index is 0.0118. The molecule has 0 fully saturated rings. The quantitative estimate of drug-likeness (QED) is 0.145. The number of phenolic OH excluding ortho intramolecular Hbond substituents is 1. The number of unbranched alkanes of at least 4 members (excludes halogenated alkanes) is 2. The van der Waals surface area contributed by atoms with Crippen LogP contribution in [-0.4, -0.2) is 64.0 Å². The molecule has 2 N–H and O–H groups in total. The Morgan fingerprint density at radius 2 is 1.89 bits per heavy atom. The van der Waals surface area contributed by atoms with Crippen LogP contribution in [0.4, 0.5) is 5.69 Å². The number of rotatable bonds is 16. The number of amides is 2. The van der Waals surface area contributed by atoms with E-state index < -0.39 is 0 Å². The molecule has 0 aliphatic carbocycles. The highest BCUT2D eigenvalue weighted by atomic mass is 16.5. The summed E-state index contributed by atoms with van der Waals surface area (Å²) in [6, 6.07) is 12.4. The van der Waals surface area contributed by atoms with Gasteiger partial charge in [0.25, 0.3) is 5.91 Å². The Bertz CT molecular complexity index is 1400. The Kier molecular flexibility index (Phi) is 11.8. The highest BCUT2D eigenvalue weighted by Gasteiger charge is 2.23. The molecular weight excluding hydrogens is 556 g/mol. The Hall–Kier alpha value is -3.85. The molecule has 0 bridgehead atoms. The first-order valence-electron chi connectivity index (χ1n) is 15.9. The second-order valence-electron chi connectivity index (χ2n) is 12.3. The summed E-state index contributed by atoms with van der Waals surface area (Å²) in [4.78, 5) is 26.9. The van der Waals surface area contributed by atoms with Crippen molar-refractivity contribution in [2.24, 2.45) is 5.92 Å². The number of benzene rings is 2. The van der Waals surface area contributed by atoms with Gasteiger partial charge in [-0.3, -0.25) is 14.3 Å². The molecule has 4 rings (SSSR count). The molecule has 238 valence electrons. The molecule has 0 unspecified atom stereocenters. The normalized spacial score (nSPS) is 13.5. The molecule has 2 heterocycles. The van der Waals surface area contributed by atoms with Crippen molar-refractivity contribution in [2.75, 3.05) is 31.7 Å². The number of aromatic hydroxyl groups is 1. The molecular formula is C35H48N4O5. The fraction of sp³-hybridized carbons (Fsp3) is 0.514. The second-order valence-corrected chi connectivity index (χ2v) is 12.3. The van der Waals surface area contributed by atoms with E-state index in [0.717, 1.165) is 48.8 Å². The van der Waals surface area contributed by atoms with Crippen LogP contribution in [-0.2, 0) is 27.2 Å². The maximum Gasteiger partial charge on any atom is 0.262 e. The van der Waals surface area contributed by atoms with Crippen LogP contribution in [0.3, 0.4) is 0 Å². The summed E-state index contributed by atoms with van der Waals surface area (Å²) in [6.07, 6.45) is 8.67. The smallest absolute Gasteiger partial charge is 0.262 e. The van der Waals surface area contributed by atoms with Crippen molar-refractivity contribution < 1.29 is 24.2 Å². The molecule has 0 spiro atoms.